The number of nitrogens with one attached hydrogen (secondary N) is 2. The van der Waals surface area contributed by atoms with Gasteiger partial charge in [-0.25, -0.2) is 4.79 Å². The first kappa shape index (κ1) is 18.1. The molecule has 0 spiro atoms. The van der Waals surface area contributed by atoms with Gasteiger partial charge < -0.3 is 10.1 Å². The van der Waals surface area contributed by atoms with E-state index >= 15 is 0 Å². The van der Waals surface area contributed by atoms with Gasteiger partial charge in [0.15, 0.2) is 0 Å². The molecule has 1 amide bonds. The highest BCUT2D eigenvalue weighted by molar-refractivity contribution is 5.92. The third kappa shape index (κ3) is 4.01. The Labute approximate surface area is 161 Å². The Kier molecular flexibility index (Phi) is 5.17. The predicted octanol–water partition coefficient (Wildman–Crippen LogP) is 5.05. The first-order valence-electron chi connectivity index (χ1n) is 9.95. The summed E-state index contributed by atoms with van der Waals surface area (Å²) < 4.78 is 5.58. The van der Waals surface area contributed by atoms with E-state index in [1.807, 2.05) is 24.3 Å². The van der Waals surface area contributed by atoms with Crippen LogP contribution in [0.1, 0.15) is 36.8 Å². The molecule has 4 heteroatoms. The molecule has 2 N–H and O–H groups in total. The Morgan fingerprint density at radius 1 is 1.04 bits per heavy atom. The van der Waals surface area contributed by atoms with Gasteiger partial charge in [-0.15, -0.1) is 0 Å². The van der Waals surface area contributed by atoms with E-state index in [1.54, 1.807) is 0 Å². The van der Waals surface area contributed by atoms with E-state index < -0.39 is 0 Å². The molecule has 4 rings (SSSR count). The number of piperidine rings is 1. The molecule has 2 aliphatic rings. The lowest BCUT2D eigenvalue weighted by atomic mass is 9.93. The Balaban J connectivity index is 1.42. The number of benzene rings is 2. The fourth-order valence-corrected chi connectivity index (χ4v) is 4.52. The molecule has 2 bridgehead atoms. The van der Waals surface area contributed by atoms with Crippen molar-refractivity contribution < 1.29 is 9.53 Å². The minimum Gasteiger partial charge on any atom is -0.449 e. The number of amides is 1. The van der Waals surface area contributed by atoms with Gasteiger partial charge in [0.1, 0.15) is 0 Å². The lowest BCUT2D eigenvalue weighted by molar-refractivity contribution is 0.122. The van der Waals surface area contributed by atoms with Crippen LogP contribution < -0.4 is 10.6 Å². The number of rotatable bonds is 4. The first-order valence-corrected chi connectivity index (χ1v) is 9.95. The zero-order valence-electron chi connectivity index (χ0n) is 16.1. The van der Waals surface area contributed by atoms with Crippen LogP contribution in [0.4, 0.5) is 10.5 Å². The standard InChI is InChI=1S/C23H28N2O2/c1-15-6-5-8-20(16(15)2)21-7-3-4-9-22(21)25-23(26)27-14-17-12-18-10-11-19(13-17)24-18/h3-9,17-19,24H,10-14H2,1-2H3,(H,25,26). The summed E-state index contributed by atoms with van der Waals surface area (Å²) in [4.78, 5) is 12.4. The molecule has 0 aliphatic carbocycles. The molecule has 2 heterocycles. The van der Waals surface area contributed by atoms with Crippen molar-refractivity contribution in [2.45, 2.75) is 51.6 Å². The minimum absolute atomic E-state index is 0.362. The molecule has 2 aliphatic heterocycles. The van der Waals surface area contributed by atoms with Crippen LogP contribution in [0, 0.1) is 19.8 Å². The van der Waals surface area contributed by atoms with Crippen molar-refractivity contribution in [1.29, 1.82) is 0 Å². The molecule has 2 atom stereocenters. The average Bonchev–Trinajstić information content (AvgIpc) is 3.01. The van der Waals surface area contributed by atoms with Gasteiger partial charge in [0.05, 0.1) is 12.3 Å². The van der Waals surface area contributed by atoms with Gasteiger partial charge in [0, 0.05) is 17.6 Å². The molecule has 0 aromatic heterocycles. The molecular formula is C23H28N2O2. The number of para-hydroxylation sites is 1. The highest BCUT2D eigenvalue weighted by Crippen LogP contribution is 2.33. The average molecular weight is 364 g/mol. The Bertz CT molecular complexity index is 821. The third-order valence-corrected chi connectivity index (χ3v) is 6.08. The van der Waals surface area contributed by atoms with Crippen LogP contribution in [0.5, 0.6) is 0 Å². The van der Waals surface area contributed by atoms with Crippen molar-refractivity contribution in [3.05, 3.63) is 53.6 Å². The second-order valence-electron chi connectivity index (χ2n) is 7.99. The fourth-order valence-electron chi connectivity index (χ4n) is 4.52. The Morgan fingerprint density at radius 3 is 2.52 bits per heavy atom. The summed E-state index contributed by atoms with van der Waals surface area (Å²) in [6, 6.07) is 15.4. The van der Waals surface area contributed by atoms with E-state index in [0.29, 0.717) is 24.6 Å². The second kappa shape index (κ2) is 7.73. The molecule has 0 radical (unpaired) electrons. The summed E-state index contributed by atoms with van der Waals surface area (Å²) in [6.45, 7) is 4.73. The largest absolute Gasteiger partial charge is 0.449 e. The van der Waals surface area contributed by atoms with Gasteiger partial charge >= 0.3 is 6.09 Å². The van der Waals surface area contributed by atoms with E-state index in [0.717, 1.165) is 29.7 Å². The molecule has 4 nitrogen and oxygen atoms in total. The number of hydrogen-bond donors (Lipinski definition) is 2. The minimum atomic E-state index is -0.362. The third-order valence-electron chi connectivity index (χ3n) is 6.08. The summed E-state index contributed by atoms with van der Waals surface area (Å²) in [5, 5.41) is 6.58. The predicted molar refractivity (Wildman–Crippen MR) is 109 cm³/mol. The molecule has 2 aromatic rings. The summed E-state index contributed by atoms with van der Waals surface area (Å²) in [6.07, 6.45) is 4.39. The van der Waals surface area contributed by atoms with Crippen molar-refractivity contribution in [2.24, 2.45) is 5.92 Å². The quantitative estimate of drug-likeness (QED) is 0.798. The SMILES string of the molecule is Cc1cccc(-c2ccccc2NC(=O)OCC2CC3CCC(C2)N3)c1C. The zero-order chi connectivity index (χ0) is 18.8. The first-order chi connectivity index (χ1) is 13.1. The number of carbonyl (C=O) groups is 1. The second-order valence-corrected chi connectivity index (χ2v) is 7.99. The monoisotopic (exact) mass is 364 g/mol. The summed E-state index contributed by atoms with van der Waals surface area (Å²) in [7, 11) is 0. The van der Waals surface area contributed by atoms with Gasteiger partial charge in [0.25, 0.3) is 0 Å². The van der Waals surface area contributed by atoms with Crippen molar-refractivity contribution >= 4 is 11.8 Å². The van der Waals surface area contributed by atoms with Crippen LogP contribution >= 0.6 is 0 Å². The van der Waals surface area contributed by atoms with Crippen LogP contribution in [-0.4, -0.2) is 24.8 Å². The normalized spacial score (nSPS) is 23.9. The van der Waals surface area contributed by atoms with Crippen LogP contribution in [0.2, 0.25) is 0 Å². The molecule has 0 saturated carbocycles. The van der Waals surface area contributed by atoms with Gasteiger partial charge in [-0.3, -0.25) is 5.32 Å². The molecule has 27 heavy (non-hydrogen) atoms. The van der Waals surface area contributed by atoms with Gasteiger partial charge in [-0.1, -0.05) is 36.4 Å². The lowest BCUT2D eigenvalue weighted by Crippen LogP contribution is -2.39. The van der Waals surface area contributed by atoms with E-state index in [1.165, 1.54) is 24.0 Å². The number of fused-ring (bicyclic) bond motifs is 2. The summed E-state index contributed by atoms with van der Waals surface area (Å²) >= 11 is 0. The molecule has 2 aromatic carbocycles. The molecular weight excluding hydrogens is 336 g/mol. The maximum Gasteiger partial charge on any atom is 0.411 e. The molecule has 2 fully saturated rings. The highest BCUT2D eigenvalue weighted by atomic mass is 16.5. The number of anilines is 1. The maximum absolute atomic E-state index is 12.4. The van der Waals surface area contributed by atoms with Crippen molar-refractivity contribution in [1.82, 2.24) is 5.32 Å². The van der Waals surface area contributed by atoms with Crippen molar-refractivity contribution in [3.63, 3.8) is 0 Å². The van der Waals surface area contributed by atoms with Crippen LogP contribution in [0.15, 0.2) is 42.5 Å². The number of carbonyl (C=O) groups excluding carboxylic acids is 1. The molecule has 142 valence electrons. The number of aryl methyl sites for hydroxylation is 1. The molecule has 2 saturated heterocycles. The number of ether oxygens (including phenoxy) is 1. The number of hydrogen-bond acceptors (Lipinski definition) is 3. The van der Waals surface area contributed by atoms with Crippen LogP contribution in [-0.2, 0) is 4.74 Å². The van der Waals surface area contributed by atoms with Gasteiger partial charge in [-0.2, -0.15) is 0 Å². The topological polar surface area (TPSA) is 50.4 Å². The summed E-state index contributed by atoms with van der Waals surface area (Å²) in [5.41, 5.74) is 5.42. The van der Waals surface area contributed by atoms with Crippen molar-refractivity contribution in [2.75, 3.05) is 11.9 Å². The fraction of sp³-hybridized carbons (Fsp3) is 0.435. The van der Waals surface area contributed by atoms with E-state index in [9.17, 15) is 4.79 Å². The van der Waals surface area contributed by atoms with Crippen molar-refractivity contribution in [3.8, 4) is 11.1 Å². The van der Waals surface area contributed by atoms with Crippen LogP contribution in [0.25, 0.3) is 11.1 Å². The van der Waals surface area contributed by atoms with Crippen LogP contribution in [0.3, 0.4) is 0 Å². The van der Waals surface area contributed by atoms with E-state index in [2.05, 4.69) is 42.7 Å². The zero-order valence-corrected chi connectivity index (χ0v) is 16.1. The molecule has 2 unspecified atom stereocenters. The van der Waals surface area contributed by atoms with Gasteiger partial charge in [-0.05, 0) is 68.2 Å². The highest BCUT2D eigenvalue weighted by Gasteiger charge is 2.33. The van der Waals surface area contributed by atoms with E-state index in [-0.39, 0.29) is 6.09 Å². The Morgan fingerprint density at radius 2 is 1.74 bits per heavy atom. The lowest BCUT2D eigenvalue weighted by Gasteiger charge is -2.28. The smallest absolute Gasteiger partial charge is 0.411 e. The maximum atomic E-state index is 12.4. The van der Waals surface area contributed by atoms with Gasteiger partial charge in [0.2, 0.25) is 0 Å². The van der Waals surface area contributed by atoms with E-state index in [4.69, 9.17) is 4.74 Å². The Hall–Kier alpha value is -2.33. The summed E-state index contributed by atoms with van der Waals surface area (Å²) in [5.74, 6) is 0.476.